The predicted octanol–water partition coefficient (Wildman–Crippen LogP) is 3.31. The fraction of sp³-hybridized carbons (Fsp3) is 0.133. The van der Waals surface area contributed by atoms with Gasteiger partial charge in [-0.15, -0.1) is 4.73 Å². The number of aryl methyl sites for hydroxylation is 1. The third-order valence-corrected chi connectivity index (χ3v) is 3.61. The molecule has 0 fully saturated rings. The van der Waals surface area contributed by atoms with Gasteiger partial charge >= 0.3 is 0 Å². The molecule has 0 N–H and O–H groups in total. The van der Waals surface area contributed by atoms with E-state index in [1.807, 2.05) is 19.1 Å². The van der Waals surface area contributed by atoms with Gasteiger partial charge in [0.15, 0.2) is 0 Å². The van der Waals surface area contributed by atoms with Gasteiger partial charge in [-0.05, 0) is 24.4 Å². The monoisotopic (exact) mass is 291 g/mol. The van der Waals surface area contributed by atoms with Gasteiger partial charge in [0.05, 0.1) is 15.9 Å². The molecule has 0 radical (unpaired) electrons. The summed E-state index contributed by atoms with van der Waals surface area (Å²) in [6.45, 7) is 1.90. The molecule has 20 heavy (non-hydrogen) atoms. The smallest absolute Gasteiger partial charge is 0.291 e. The Hall–Kier alpha value is -2.07. The quantitative estimate of drug-likeness (QED) is 0.644. The van der Waals surface area contributed by atoms with Crippen LogP contribution in [0.1, 0.15) is 5.56 Å². The largest absolute Gasteiger partial charge is 0.413 e. The Morgan fingerprint density at radius 1 is 1.15 bits per heavy atom. The Balaban J connectivity index is 2.65. The van der Waals surface area contributed by atoms with Gasteiger partial charge in [-0.2, -0.15) is 0 Å². The zero-order valence-corrected chi connectivity index (χ0v) is 11.7. The van der Waals surface area contributed by atoms with Crippen molar-refractivity contribution in [3.05, 3.63) is 57.1 Å². The molecule has 0 saturated heterocycles. The Kier molecular flexibility index (Phi) is 2.91. The molecule has 0 saturated carbocycles. The van der Waals surface area contributed by atoms with E-state index in [2.05, 4.69) is 0 Å². The van der Waals surface area contributed by atoms with Crippen molar-refractivity contribution in [3.63, 3.8) is 0 Å². The van der Waals surface area contributed by atoms with E-state index >= 15 is 0 Å². The number of nitrogens with zero attached hydrogens (tertiary/aromatic N) is 1. The summed E-state index contributed by atoms with van der Waals surface area (Å²) in [5.74, 6) is -0.587. The number of hydrogen-bond acceptors (Lipinski definition) is 2. The van der Waals surface area contributed by atoms with Crippen LogP contribution >= 0.6 is 11.6 Å². The fourth-order valence-corrected chi connectivity index (χ4v) is 2.55. The van der Waals surface area contributed by atoms with Gasteiger partial charge in [0, 0.05) is 11.5 Å². The first-order valence-electron chi connectivity index (χ1n) is 6.01. The zero-order valence-electron chi connectivity index (χ0n) is 10.9. The maximum absolute atomic E-state index is 13.7. The van der Waals surface area contributed by atoms with Crippen molar-refractivity contribution < 1.29 is 9.23 Å². The van der Waals surface area contributed by atoms with Crippen molar-refractivity contribution in [2.24, 2.45) is 0 Å². The topological polar surface area (TPSA) is 31.2 Å². The van der Waals surface area contributed by atoms with Crippen LogP contribution in [-0.4, -0.2) is 11.8 Å². The van der Waals surface area contributed by atoms with E-state index in [4.69, 9.17) is 16.4 Å². The summed E-state index contributed by atoms with van der Waals surface area (Å²) in [6, 6.07) is 8.24. The van der Waals surface area contributed by atoms with Gasteiger partial charge in [0.25, 0.3) is 5.56 Å². The van der Waals surface area contributed by atoms with Crippen LogP contribution in [-0.2, 0) is 0 Å². The van der Waals surface area contributed by atoms with Crippen LogP contribution in [0.3, 0.4) is 0 Å². The average molecular weight is 292 g/mol. The van der Waals surface area contributed by atoms with E-state index in [-0.39, 0.29) is 10.6 Å². The van der Waals surface area contributed by atoms with Crippen LogP contribution in [0.5, 0.6) is 0 Å². The Labute approximate surface area is 119 Å². The second-order valence-electron chi connectivity index (χ2n) is 4.61. The highest BCUT2D eigenvalue weighted by molar-refractivity contribution is 6.31. The van der Waals surface area contributed by atoms with Gasteiger partial charge in [-0.1, -0.05) is 29.3 Å². The minimum absolute atomic E-state index is 0.0145. The van der Waals surface area contributed by atoms with Gasteiger partial charge < -0.3 is 4.84 Å². The normalized spacial score (nSPS) is 11.2. The van der Waals surface area contributed by atoms with E-state index in [0.717, 1.165) is 15.7 Å². The lowest BCUT2D eigenvalue weighted by Crippen LogP contribution is -2.25. The van der Waals surface area contributed by atoms with Crippen molar-refractivity contribution in [2.75, 3.05) is 7.11 Å². The molecule has 5 heteroatoms. The van der Waals surface area contributed by atoms with Crippen molar-refractivity contribution in [3.8, 4) is 0 Å². The standard InChI is InChI=1S/C15H11ClFNO2/c1-8-3-4-9-10-6-12(16)13(17)7-14(10)18(20-2)15(19)11(9)5-8/h3-7H,1-2H3. The van der Waals surface area contributed by atoms with Crippen molar-refractivity contribution in [1.82, 2.24) is 4.73 Å². The first-order chi connectivity index (χ1) is 9.52. The molecule has 3 rings (SSSR count). The molecular formula is C15H11ClFNO2. The van der Waals surface area contributed by atoms with E-state index in [1.54, 1.807) is 6.07 Å². The minimum Gasteiger partial charge on any atom is -0.413 e. The highest BCUT2D eigenvalue weighted by Gasteiger charge is 2.14. The summed E-state index contributed by atoms with van der Waals surface area (Å²) < 4.78 is 14.7. The Morgan fingerprint density at radius 2 is 1.90 bits per heavy atom. The summed E-state index contributed by atoms with van der Waals surface area (Å²) in [5, 5.41) is 1.93. The van der Waals surface area contributed by atoms with E-state index < -0.39 is 5.82 Å². The fourth-order valence-electron chi connectivity index (χ4n) is 2.39. The van der Waals surface area contributed by atoms with Gasteiger partial charge in [0.2, 0.25) is 0 Å². The second kappa shape index (κ2) is 4.49. The molecule has 0 amide bonds. The molecule has 0 aliphatic carbocycles. The molecule has 0 spiro atoms. The molecule has 1 heterocycles. The lowest BCUT2D eigenvalue weighted by Gasteiger charge is -2.12. The molecule has 0 aliphatic rings. The van der Waals surface area contributed by atoms with Gasteiger partial charge in [-0.25, -0.2) is 4.39 Å². The number of fused-ring (bicyclic) bond motifs is 3. The van der Waals surface area contributed by atoms with Crippen molar-refractivity contribution in [1.29, 1.82) is 0 Å². The molecule has 102 valence electrons. The molecule has 3 nitrogen and oxygen atoms in total. The maximum atomic E-state index is 13.7. The first-order valence-corrected chi connectivity index (χ1v) is 6.39. The minimum atomic E-state index is -0.587. The number of benzene rings is 2. The molecular weight excluding hydrogens is 281 g/mol. The molecule has 0 atom stereocenters. The summed E-state index contributed by atoms with van der Waals surface area (Å²) in [4.78, 5) is 17.5. The number of rotatable bonds is 1. The maximum Gasteiger partial charge on any atom is 0.291 e. The first kappa shape index (κ1) is 12.9. The van der Waals surface area contributed by atoms with Crippen LogP contribution in [0.25, 0.3) is 21.7 Å². The van der Waals surface area contributed by atoms with E-state index in [0.29, 0.717) is 16.3 Å². The third kappa shape index (κ3) is 1.76. The highest BCUT2D eigenvalue weighted by Crippen LogP contribution is 2.28. The SMILES string of the molecule is COn1c(=O)c2cc(C)ccc2c2cc(Cl)c(F)cc21. The molecule has 2 aromatic carbocycles. The summed E-state index contributed by atoms with van der Waals surface area (Å²) in [6.07, 6.45) is 0. The summed E-state index contributed by atoms with van der Waals surface area (Å²) in [7, 11) is 1.37. The lowest BCUT2D eigenvalue weighted by atomic mass is 10.0. The Bertz CT molecular complexity index is 902. The third-order valence-electron chi connectivity index (χ3n) is 3.32. The van der Waals surface area contributed by atoms with Gasteiger partial charge in [-0.3, -0.25) is 4.79 Å². The number of hydrogen-bond donors (Lipinski definition) is 0. The second-order valence-corrected chi connectivity index (χ2v) is 5.02. The molecule has 0 bridgehead atoms. The summed E-state index contributed by atoms with van der Waals surface area (Å²) in [5.41, 5.74) is 1.00. The number of pyridine rings is 1. The van der Waals surface area contributed by atoms with Crippen LogP contribution in [0, 0.1) is 12.7 Å². The molecule has 0 unspecified atom stereocenters. The van der Waals surface area contributed by atoms with Crippen molar-refractivity contribution >= 4 is 33.3 Å². The van der Waals surface area contributed by atoms with Crippen LogP contribution in [0.2, 0.25) is 5.02 Å². The van der Waals surface area contributed by atoms with Crippen LogP contribution in [0.15, 0.2) is 35.1 Å². The van der Waals surface area contributed by atoms with Crippen LogP contribution < -0.4 is 10.4 Å². The molecule has 0 aliphatic heterocycles. The van der Waals surface area contributed by atoms with Crippen LogP contribution in [0.4, 0.5) is 4.39 Å². The lowest BCUT2D eigenvalue weighted by molar-refractivity contribution is 0.170. The van der Waals surface area contributed by atoms with Crippen molar-refractivity contribution in [2.45, 2.75) is 6.92 Å². The predicted molar refractivity (Wildman–Crippen MR) is 77.9 cm³/mol. The summed E-state index contributed by atoms with van der Waals surface area (Å²) >= 11 is 5.85. The molecule has 1 aromatic heterocycles. The number of halogens is 2. The zero-order chi connectivity index (χ0) is 14.4. The Morgan fingerprint density at radius 3 is 2.60 bits per heavy atom. The average Bonchev–Trinajstić information content (AvgIpc) is 2.42. The van der Waals surface area contributed by atoms with E-state index in [1.165, 1.54) is 19.2 Å². The molecule has 3 aromatic rings. The van der Waals surface area contributed by atoms with Gasteiger partial charge in [0.1, 0.15) is 12.9 Å². The number of aromatic nitrogens is 1. The highest BCUT2D eigenvalue weighted by atomic mass is 35.5. The van der Waals surface area contributed by atoms with E-state index in [9.17, 15) is 9.18 Å².